The van der Waals surface area contributed by atoms with Gasteiger partial charge in [-0.1, -0.05) is 38.5 Å². The van der Waals surface area contributed by atoms with E-state index >= 15 is 0 Å². The Morgan fingerprint density at radius 1 is 1.18 bits per heavy atom. The number of aldehydes is 1. The third-order valence-corrected chi connectivity index (χ3v) is 4.59. The van der Waals surface area contributed by atoms with Crippen LogP contribution in [0.2, 0.25) is 0 Å². The van der Waals surface area contributed by atoms with Crippen molar-refractivity contribution in [3.63, 3.8) is 0 Å². The summed E-state index contributed by atoms with van der Waals surface area (Å²) in [4.78, 5) is 11.2. The summed E-state index contributed by atoms with van der Waals surface area (Å²) in [6, 6.07) is 0. The Labute approximate surface area is 105 Å². The smallest absolute Gasteiger partial charge is 0.125 e. The first-order valence-corrected chi connectivity index (χ1v) is 7.31. The van der Waals surface area contributed by atoms with E-state index in [1.54, 1.807) is 7.11 Å². The van der Waals surface area contributed by atoms with Crippen molar-refractivity contribution in [3.8, 4) is 0 Å². The molecule has 2 aliphatic rings. The monoisotopic (exact) mass is 238 g/mol. The van der Waals surface area contributed by atoms with Gasteiger partial charge in [0.05, 0.1) is 6.10 Å². The summed E-state index contributed by atoms with van der Waals surface area (Å²) in [6.45, 7) is 0. The van der Waals surface area contributed by atoms with Crippen molar-refractivity contribution in [1.29, 1.82) is 0 Å². The van der Waals surface area contributed by atoms with Crippen molar-refractivity contribution < 1.29 is 9.53 Å². The van der Waals surface area contributed by atoms with E-state index in [1.165, 1.54) is 44.9 Å². The van der Waals surface area contributed by atoms with Gasteiger partial charge in [-0.15, -0.1) is 0 Å². The Kier molecular flexibility index (Phi) is 5.02. The Bertz CT molecular complexity index is 229. The van der Waals surface area contributed by atoms with Crippen LogP contribution in [0.4, 0.5) is 0 Å². The molecule has 0 saturated heterocycles. The lowest BCUT2D eigenvalue weighted by molar-refractivity contribution is -0.116. The summed E-state index contributed by atoms with van der Waals surface area (Å²) in [5.74, 6) is 1.86. The molecule has 0 radical (unpaired) electrons. The highest BCUT2D eigenvalue weighted by Crippen LogP contribution is 2.37. The third-order valence-electron chi connectivity index (χ3n) is 4.59. The van der Waals surface area contributed by atoms with Gasteiger partial charge in [0.2, 0.25) is 0 Å². The highest BCUT2D eigenvalue weighted by atomic mass is 16.5. The van der Waals surface area contributed by atoms with Crippen LogP contribution in [-0.2, 0) is 9.53 Å². The maximum absolute atomic E-state index is 11.2. The van der Waals surface area contributed by atoms with Crippen molar-refractivity contribution in [2.45, 2.75) is 63.9 Å². The molecule has 2 saturated carbocycles. The molecule has 2 rings (SSSR count). The molecule has 0 aliphatic heterocycles. The molecule has 2 aliphatic carbocycles. The maximum atomic E-state index is 11.2. The van der Waals surface area contributed by atoms with Crippen LogP contribution in [-0.4, -0.2) is 19.5 Å². The van der Waals surface area contributed by atoms with Crippen LogP contribution < -0.4 is 0 Å². The molecular weight excluding hydrogens is 212 g/mol. The number of carbonyl (C=O) groups is 1. The highest BCUT2D eigenvalue weighted by Gasteiger charge is 2.30. The maximum Gasteiger partial charge on any atom is 0.125 e. The zero-order valence-electron chi connectivity index (χ0n) is 11.1. The standard InChI is InChI=1S/C15H26O2/c1-17-15(9-8-12-4-2-3-5-12)14(11-16)10-13-6-7-13/h11-15H,2-10H2,1H3/t14-,15?/m0/s1. The molecule has 2 nitrogen and oxygen atoms in total. The topological polar surface area (TPSA) is 26.3 Å². The molecule has 2 heteroatoms. The zero-order chi connectivity index (χ0) is 12.1. The summed E-state index contributed by atoms with van der Waals surface area (Å²) < 4.78 is 5.56. The average Bonchev–Trinajstić information content (AvgIpc) is 3.02. The first kappa shape index (κ1) is 13.1. The van der Waals surface area contributed by atoms with Gasteiger partial charge in [-0.25, -0.2) is 0 Å². The molecule has 17 heavy (non-hydrogen) atoms. The van der Waals surface area contributed by atoms with Gasteiger partial charge in [0, 0.05) is 13.0 Å². The number of ether oxygens (including phenoxy) is 1. The summed E-state index contributed by atoms with van der Waals surface area (Å²) in [6.07, 6.45) is 13.0. The van der Waals surface area contributed by atoms with E-state index in [9.17, 15) is 4.79 Å². The van der Waals surface area contributed by atoms with Crippen LogP contribution in [0, 0.1) is 17.8 Å². The number of hydrogen-bond donors (Lipinski definition) is 0. The Morgan fingerprint density at radius 3 is 2.41 bits per heavy atom. The molecule has 0 heterocycles. The van der Waals surface area contributed by atoms with E-state index in [-0.39, 0.29) is 12.0 Å². The average molecular weight is 238 g/mol. The van der Waals surface area contributed by atoms with Crippen LogP contribution in [0.5, 0.6) is 0 Å². The van der Waals surface area contributed by atoms with E-state index in [2.05, 4.69) is 0 Å². The Balaban J connectivity index is 1.74. The molecule has 0 aromatic carbocycles. The highest BCUT2D eigenvalue weighted by molar-refractivity contribution is 5.54. The number of hydrogen-bond acceptors (Lipinski definition) is 2. The number of methoxy groups -OCH3 is 1. The molecule has 2 atom stereocenters. The molecule has 0 amide bonds. The molecule has 2 fully saturated rings. The third kappa shape index (κ3) is 4.09. The van der Waals surface area contributed by atoms with Gasteiger partial charge in [0.15, 0.2) is 0 Å². The molecule has 0 aromatic heterocycles. The van der Waals surface area contributed by atoms with E-state index in [4.69, 9.17) is 4.74 Å². The summed E-state index contributed by atoms with van der Waals surface area (Å²) in [7, 11) is 1.77. The molecule has 1 unspecified atom stereocenters. The predicted octanol–water partition coefficient (Wildman–Crippen LogP) is 3.59. The minimum Gasteiger partial charge on any atom is -0.381 e. The minimum atomic E-state index is 0.147. The van der Waals surface area contributed by atoms with Gasteiger partial charge in [0.25, 0.3) is 0 Å². The second-order valence-electron chi connectivity index (χ2n) is 5.98. The normalized spacial score (nSPS) is 24.8. The SMILES string of the molecule is COC(CCC1CCCC1)[C@H](C=O)CC1CC1. The molecule has 0 aromatic rings. The fourth-order valence-electron chi connectivity index (χ4n) is 3.24. The summed E-state index contributed by atoms with van der Waals surface area (Å²) in [5, 5.41) is 0. The van der Waals surface area contributed by atoms with Crippen LogP contribution in [0.3, 0.4) is 0 Å². The van der Waals surface area contributed by atoms with Crippen LogP contribution in [0.25, 0.3) is 0 Å². The van der Waals surface area contributed by atoms with Gasteiger partial charge in [0.1, 0.15) is 6.29 Å². The molecule has 0 spiro atoms. The van der Waals surface area contributed by atoms with Crippen molar-refractivity contribution in [1.82, 2.24) is 0 Å². The van der Waals surface area contributed by atoms with E-state index in [0.29, 0.717) is 0 Å². The molecule has 98 valence electrons. The minimum absolute atomic E-state index is 0.147. The first-order valence-electron chi connectivity index (χ1n) is 7.31. The fourth-order valence-corrected chi connectivity index (χ4v) is 3.24. The van der Waals surface area contributed by atoms with Crippen LogP contribution in [0.15, 0.2) is 0 Å². The molecule has 0 bridgehead atoms. The summed E-state index contributed by atoms with van der Waals surface area (Å²) in [5.41, 5.74) is 0. The zero-order valence-corrected chi connectivity index (χ0v) is 11.1. The molecular formula is C15H26O2. The number of rotatable bonds is 8. The lowest BCUT2D eigenvalue weighted by Gasteiger charge is -2.23. The Hall–Kier alpha value is -0.370. The van der Waals surface area contributed by atoms with E-state index < -0.39 is 0 Å². The first-order chi connectivity index (χ1) is 8.33. The van der Waals surface area contributed by atoms with Gasteiger partial charge < -0.3 is 9.53 Å². The Morgan fingerprint density at radius 2 is 1.88 bits per heavy atom. The quantitative estimate of drug-likeness (QED) is 0.604. The second kappa shape index (κ2) is 6.53. The van der Waals surface area contributed by atoms with Crippen molar-refractivity contribution in [2.24, 2.45) is 17.8 Å². The van der Waals surface area contributed by atoms with Crippen molar-refractivity contribution in [3.05, 3.63) is 0 Å². The predicted molar refractivity (Wildman–Crippen MR) is 68.9 cm³/mol. The van der Waals surface area contributed by atoms with E-state index in [1.807, 2.05) is 0 Å². The number of carbonyl (C=O) groups excluding carboxylic acids is 1. The summed E-state index contributed by atoms with van der Waals surface area (Å²) >= 11 is 0. The fraction of sp³-hybridized carbons (Fsp3) is 0.933. The van der Waals surface area contributed by atoms with Crippen molar-refractivity contribution >= 4 is 6.29 Å². The van der Waals surface area contributed by atoms with Gasteiger partial charge in [-0.05, 0) is 31.1 Å². The lowest BCUT2D eigenvalue weighted by Crippen LogP contribution is -2.25. The lowest BCUT2D eigenvalue weighted by atomic mass is 9.90. The van der Waals surface area contributed by atoms with Gasteiger partial charge in [-0.3, -0.25) is 0 Å². The second-order valence-corrected chi connectivity index (χ2v) is 5.98. The van der Waals surface area contributed by atoms with Crippen LogP contribution >= 0.6 is 0 Å². The molecule has 0 N–H and O–H groups in total. The van der Waals surface area contributed by atoms with Crippen LogP contribution in [0.1, 0.15) is 57.8 Å². The van der Waals surface area contributed by atoms with Gasteiger partial charge >= 0.3 is 0 Å². The van der Waals surface area contributed by atoms with Gasteiger partial charge in [-0.2, -0.15) is 0 Å². The largest absolute Gasteiger partial charge is 0.381 e. The van der Waals surface area contributed by atoms with E-state index in [0.717, 1.165) is 31.0 Å². The van der Waals surface area contributed by atoms with Crippen molar-refractivity contribution in [2.75, 3.05) is 7.11 Å².